The molecule has 1 aromatic carbocycles. The molecular weight excluding hydrogens is 453 g/mol. The molecule has 0 saturated heterocycles. The number of carbonyl (C=O) groups is 1. The largest absolute Gasteiger partial charge is 0.317 e. The molecule has 2 aromatic heterocycles. The van der Waals surface area contributed by atoms with Crippen molar-refractivity contribution in [2.24, 2.45) is 7.05 Å². The van der Waals surface area contributed by atoms with Gasteiger partial charge in [-0.2, -0.15) is 10.2 Å². The molecular formula is C18H18BrCl2N5O. The van der Waals surface area contributed by atoms with E-state index in [0.717, 1.165) is 22.6 Å². The number of nitrogens with zero attached hydrogens (tertiary/aromatic N) is 4. The Morgan fingerprint density at radius 1 is 1.15 bits per heavy atom. The van der Waals surface area contributed by atoms with Gasteiger partial charge in [0.05, 0.1) is 43.8 Å². The van der Waals surface area contributed by atoms with Crippen molar-refractivity contribution < 1.29 is 4.79 Å². The van der Waals surface area contributed by atoms with Gasteiger partial charge in [0.15, 0.2) is 5.69 Å². The number of nitrogens with one attached hydrogen (secondary N) is 1. The number of carbonyl (C=O) groups excluding carboxylic acids is 1. The minimum Gasteiger partial charge on any atom is -0.317 e. The number of benzene rings is 1. The summed E-state index contributed by atoms with van der Waals surface area (Å²) in [5.41, 5.74) is 4.43. The minimum absolute atomic E-state index is 0.286. The van der Waals surface area contributed by atoms with E-state index in [-0.39, 0.29) is 5.91 Å². The van der Waals surface area contributed by atoms with Crippen LogP contribution in [0.5, 0.6) is 0 Å². The van der Waals surface area contributed by atoms with Crippen molar-refractivity contribution in [3.05, 3.63) is 61.1 Å². The van der Waals surface area contributed by atoms with E-state index < -0.39 is 0 Å². The second-order valence-electron chi connectivity index (χ2n) is 6.28. The van der Waals surface area contributed by atoms with Crippen LogP contribution >= 0.6 is 39.1 Å². The monoisotopic (exact) mass is 469 g/mol. The zero-order valence-corrected chi connectivity index (χ0v) is 18.4. The highest BCUT2D eigenvalue weighted by molar-refractivity contribution is 9.10. The fraction of sp³-hybridized carbons (Fsp3) is 0.278. The molecule has 3 aromatic rings. The van der Waals surface area contributed by atoms with Gasteiger partial charge in [0.25, 0.3) is 5.91 Å². The van der Waals surface area contributed by atoms with Crippen LogP contribution in [-0.4, -0.2) is 25.5 Å². The third-order valence-corrected chi connectivity index (χ3v) is 6.10. The fourth-order valence-electron chi connectivity index (χ4n) is 2.74. The maximum Gasteiger partial charge on any atom is 0.277 e. The highest BCUT2D eigenvalue weighted by Crippen LogP contribution is 2.26. The summed E-state index contributed by atoms with van der Waals surface area (Å²) in [4.78, 5) is 12.7. The van der Waals surface area contributed by atoms with Crippen LogP contribution in [0.4, 0.5) is 5.69 Å². The van der Waals surface area contributed by atoms with Crippen molar-refractivity contribution in [1.29, 1.82) is 0 Å². The molecule has 2 heterocycles. The van der Waals surface area contributed by atoms with Gasteiger partial charge in [-0.15, -0.1) is 0 Å². The first-order valence-electron chi connectivity index (χ1n) is 8.17. The van der Waals surface area contributed by atoms with E-state index in [2.05, 4.69) is 31.4 Å². The standard InChI is InChI=1S/C18H18BrCl2N5O/c1-9-16(22-18(27)17-15(19)10(2)25(4)24-17)11(3)26(23-9)8-12-5-6-13(20)14(21)7-12/h5-7H,8H2,1-4H3,(H,22,27). The molecule has 0 saturated carbocycles. The summed E-state index contributed by atoms with van der Waals surface area (Å²) in [6.45, 7) is 6.17. The highest BCUT2D eigenvalue weighted by atomic mass is 79.9. The Kier molecular flexibility index (Phi) is 5.65. The molecule has 0 fully saturated rings. The first-order chi connectivity index (χ1) is 12.7. The molecule has 6 nitrogen and oxygen atoms in total. The Hall–Kier alpha value is -1.83. The molecule has 0 radical (unpaired) electrons. The van der Waals surface area contributed by atoms with Crippen LogP contribution in [0.3, 0.4) is 0 Å². The SMILES string of the molecule is Cc1nn(Cc2ccc(Cl)c(Cl)c2)c(C)c1NC(=O)c1nn(C)c(C)c1Br. The van der Waals surface area contributed by atoms with E-state index in [1.54, 1.807) is 17.8 Å². The van der Waals surface area contributed by atoms with Crippen LogP contribution < -0.4 is 5.32 Å². The van der Waals surface area contributed by atoms with Crippen LogP contribution in [0.25, 0.3) is 0 Å². The first-order valence-corrected chi connectivity index (χ1v) is 9.72. The van der Waals surface area contributed by atoms with Gasteiger partial charge in [-0.1, -0.05) is 29.3 Å². The smallest absolute Gasteiger partial charge is 0.277 e. The molecule has 142 valence electrons. The van der Waals surface area contributed by atoms with Crippen molar-refractivity contribution >= 4 is 50.7 Å². The van der Waals surface area contributed by atoms with Crippen LogP contribution in [0.15, 0.2) is 22.7 Å². The Morgan fingerprint density at radius 2 is 1.85 bits per heavy atom. The summed E-state index contributed by atoms with van der Waals surface area (Å²) in [6.07, 6.45) is 0. The summed E-state index contributed by atoms with van der Waals surface area (Å²) in [7, 11) is 1.79. The zero-order valence-electron chi connectivity index (χ0n) is 15.3. The van der Waals surface area contributed by atoms with Crippen LogP contribution in [0.2, 0.25) is 10.0 Å². The van der Waals surface area contributed by atoms with E-state index >= 15 is 0 Å². The Morgan fingerprint density at radius 3 is 2.44 bits per heavy atom. The third-order valence-electron chi connectivity index (χ3n) is 4.41. The lowest BCUT2D eigenvalue weighted by molar-refractivity contribution is 0.102. The lowest BCUT2D eigenvalue weighted by atomic mass is 10.2. The van der Waals surface area contributed by atoms with Gasteiger partial charge in [-0.05, 0) is 54.4 Å². The van der Waals surface area contributed by atoms with E-state index in [9.17, 15) is 4.79 Å². The molecule has 1 N–H and O–H groups in total. The normalized spacial score (nSPS) is 11.1. The topological polar surface area (TPSA) is 64.7 Å². The van der Waals surface area contributed by atoms with E-state index in [0.29, 0.717) is 32.4 Å². The molecule has 0 aliphatic heterocycles. The van der Waals surface area contributed by atoms with E-state index in [1.807, 2.05) is 37.6 Å². The van der Waals surface area contributed by atoms with Crippen molar-refractivity contribution in [3.63, 3.8) is 0 Å². The molecule has 0 bridgehead atoms. The molecule has 0 aliphatic carbocycles. The van der Waals surface area contributed by atoms with Gasteiger partial charge in [0.1, 0.15) is 0 Å². The number of halogens is 3. The fourth-order valence-corrected chi connectivity index (χ4v) is 3.58. The molecule has 27 heavy (non-hydrogen) atoms. The molecule has 0 atom stereocenters. The average Bonchev–Trinajstić information content (AvgIpc) is 3.03. The summed E-state index contributed by atoms with van der Waals surface area (Å²) in [5.74, 6) is -0.286. The van der Waals surface area contributed by atoms with Crippen LogP contribution in [0, 0.1) is 20.8 Å². The highest BCUT2D eigenvalue weighted by Gasteiger charge is 2.21. The third kappa shape index (κ3) is 3.90. The van der Waals surface area contributed by atoms with Crippen molar-refractivity contribution in [2.75, 3.05) is 5.32 Å². The maximum atomic E-state index is 12.7. The van der Waals surface area contributed by atoms with Gasteiger partial charge in [-0.25, -0.2) is 0 Å². The van der Waals surface area contributed by atoms with Crippen molar-refractivity contribution in [1.82, 2.24) is 19.6 Å². The lowest BCUT2D eigenvalue weighted by Crippen LogP contribution is -2.15. The predicted octanol–water partition coefficient (Wildman–Crippen LogP) is 4.91. The summed E-state index contributed by atoms with van der Waals surface area (Å²) >= 11 is 15.5. The lowest BCUT2D eigenvalue weighted by Gasteiger charge is -2.07. The average molecular weight is 471 g/mol. The van der Waals surface area contributed by atoms with Gasteiger partial charge in [-0.3, -0.25) is 14.2 Å². The van der Waals surface area contributed by atoms with Gasteiger partial charge < -0.3 is 5.32 Å². The molecule has 0 spiro atoms. The van der Waals surface area contributed by atoms with Crippen molar-refractivity contribution in [2.45, 2.75) is 27.3 Å². The molecule has 3 rings (SSSR count). The number of aryl methyl sites for hydroxylation is 2. The molecule has 1 amide bonds. The minimum atomic E-state index is -0.286. The van der Waals surface area contributed by atoms with Gasteiger partial charge in [0, 0.05) is 7.05 Å². The summed E-state index contributed by atoms with van der Waals surface area (Å²) < 4.78 is 4.16. The Balaban J connectivity index is 1.86. The van der Waals surface area contributed by atoms with Gasteiger partial charge in [0.2, 0.25) is 0 Å². The molecule has 9 heteroatoms. The zero-order chi connectivity index (χ0) is 19.9. The summed E-state index contributed by atoms with van der Waals surface area (Å²) in [5, 5.41) is 12.7. The number of rotatable bonds is 4. The predicted molar refractivity (Wildman–Crippen MR) is 111 cm³/mol. The number of hydrogen-bond donors (Lipinski definition) is 1. The number of amides is 1. The van der Waals surface area contributed by atoms with Crippen LogP contribution in [0.1, 0.15) is 33.1 Å². The summed E-state index contributed by atoms with van der Waals surface area (Å²) in [6, 6.07) is 5.47. The quantitative estimate of drug-likeness (QED) is 0.588. The van der Waals surface area contributed by atoms with Crippen LogP contribution in [-0.2, 0) is 13.6 Å². The number of aromatic nitrogens is 4. The van der Waals surface area contributed by atoms with Gasteiger partial charge >= 0.3 is 0 Å². The maximum absolute atomic E-state index is 12.7. The molecule has 0 unspecified atom stereocenters. The Bertz CT molecular complexity index is 1040. The number of hydrogen-bond acceptors (Lipinski definition) is 3. The second kappa shape index (κ2) is 7.66. The van der Waals surface area contributed by atoms with Crippen molar-refractivity contribution in [3.8, 4) is 0 Å². The van der Waals surface area contributed by atoms with E-state index in [4.69, 9.17) is 23.2 Å². The second-order valence-corrected chi connectivity index (χ2v) is 7.89. The molecule has 0 aliphatic rings. The van der Waals surface area contributed by atoms with E-state index in [1.165, 1.54) is 0 Å². The number of anilines is 1. The Labute approximate surface area is 175 Å². The first kappa shape index (κ1) is 19.9.